The number of hydrogen-bond acceptors (Lipinski definition) is 7. The Morgan fingerprint density at radius 1 is 0.969 bits per heavy atom. The standard InChI is InChI=1S/C23H25N3O5S/c1-26-15-17(9-10-22(26)27)21-13-18-16-32(28,29)12-5-3-2-4-11-30-19-7-6-8-20(14-19)31-23(24-18)25-21/h6-10,13-15H,2-5,11-12,16H2,1H3. The summed E-state index contributed by atoms with van der Waals surface area (Å²) < 4.78 is 38.5. The second-order valence-electron chi connectivity index (χ2n) is 7.83. The van der Waals surface area contributed by atoms with Gasteiger partial charge in [-0.1, -0.05) is 18.9 Å². The van der Waals surface area contributed by atoms with Crippen molar-refractivity contribution in [3.05, 3.63) is 64.7 Å². The molecular formula is C23H25N3O5S. The number of aromatic nitrogens is 3. The number of hydrogen-bond donors (Lipinski definition) is 0. The molecule has 1 aliphatic rings. The van der Waals surface area contributed by atoms with Crippen molar-refractivity contribution in [3.63, 3.8) is 0 Å². The number of ether oxygens (including phenoxy) is 2. The highest BCUT2D eigenvalue weighted by Gasteiger charge is 2.17. The molecule has 168 valence electrons. The molecule has 32 heavy (non-hydrogen) atoms. The first-order valence-electron chi connectivity index (χ1n) is 10.5. The monoisotopic (exact) mass is 455 g/mol. The van der Waals surface area contributed by atoms with Crippen LogP contribution in [0.5, 0.6) is 17.5 Å². The predicted octanol–water partition coefficient (Wildman–Crippen LogP) is 3.50. The minimum absolute atomic E-state index is 0.0331. The molecule has 0 unspecified atom stereocenters. The fourth-order valence-corrected chi connectivity index (χ4v) is 4.87. The maximum atomic E-state index is 12.7. The van der Waals surface area contributed by atoms with Gasteiger partial charge in [-0.25, -0.2) is 8.42 Å². The second-order valence-corrected chi connectivity index (χ2v) is 10.0. The van der Waals surface area contributed by atoms with E-state index in [1.165, 1.54) is 10.6 Å². The van der Waals surface area contributed by atoms with Gasteiger partial charge in [-0.15, -0.1) is 0 Å². The third-order valence-corrected chi connectivity index (χ3v) is 6.79. The lowest BCUT2D eigenvalue weighted by Crippen LogP contribution is -2.14. The fraction of sp³-hybridized carbons (Fsp3) is 0.348. The Kier molecular flexibility index (Phi) is 6.55. The fourth-order valence-electron chi connectivity index (χ4n) is 3.48. The first-order chi connectivity index (χ1) is 15.4. The molecule has 0 radical (unpaired) electrons. The van der Waals surface area contributed by atoms with Gasteiger partial charge in [-0.2, -0.15) is 9.97 Å². The molecule has 0 fully saturated rings. The summed E-state index contributed by atoms with van der Waals surface area (Å²) in [7, 11) is -1.70. The smallest absolute Gasteiger partial charge is 0.322 e. The Morgan fingerprint density at radius 3 is 2.62 bits per heavy atom. The molecular weight excluding hydrogens is 430 g/mol. The first kappa shape index (κ1) is 22.0. The Hall–Kier alpha value is -3.20. The van der Waals surface area contributed by atoms with Gasteiger partial charge in [-0.05, 0) is 37.1 Å². The zero-order chi connectivity index (χ0) is 22.6. The zero-order valence-electron chi connectivity index (χ0n) is 17.9. The van der Waals surface area contributed by atoms with Crippen molar-refractivity contribution >= 4 is 9.84 Å². The summed E-state index contributed by atoms with van der Waals surface area (Å²) in [5.41, 5.74) is 1.33. The van der Waals surface area contributed by atoms with Gasteiger partial charge < -0.3 is 14.0 Å². The van der Waals surface area contributed by atoms with Crippen molar-refractivity contribution in [3.8, 4) is 28.8 Å². The van der Waals surface area contributed by atoms with Crippen LogP contribution in [0.25, 0.3) is 11.3 Å². The number of benzene rings is 1. The predicted molar refractivity (Wildman–Crippen MR) is 121 cm³/mol. The van der Waals surface area contributed by atoms with Crippen LogP contribution in [0.15, 0.2) is 53.5 Å². The van der Waals surface area contributed by atoms with Gasteiger partial charge in [0.1, 0.15) is 11.5 Å². The van der Waals surface area contributed by atoms with Crippen LogP contribution < -0.4 is 15.0 Å². The lowest BCUT2D eigenvalue weighted by Gasteiger charge is -2.12. The highest BCUT2D eigenvalue weighted by molar-refractivity contribution is 7.90. The zero-order valence-corrected chi connectivity index (χ0v) is 18.7. The largest absolute Gasteiger partial charge is 0.493 e. The maximum Gasteiger partial charge on any atom is 0.322 e. The summed E-state index contributed by atoms with van der Waals surface area (Å²) >= 11 is 0. The van der Waals surface area contributed by atoms with E-state index in [0.717, 1.165) is 19.3 Å². The molecule has 4 bridgehead atoms. The van der Waals surface area contributed by atoms with Crippen molar-refractivity contribution < 1.29 is 17.9 Å². The third-order valence-electron chi connectivity index (χ3n) is 5.14. The van der Waals surface area contributed by atoms with Crippen molar-refractivity contribution in [2.75, 3.05) is 12.4 Å². The SMILES string of the molecule is Cn1cc(-c2cc3nc(n2)Oc2cccc(c2)OCCCCCCS(=O)(=O)C3)ccc1=O. The van der Waals surface area contributed by atoms with Crippen LogP contribution in [0.3, 0.4) is 0 Å². The van der Waals surface area contributed by atoms with Gasteiger partial charge in [0.15, 0.2) is 9.84 Å². The van der Waals surface area contributed by atoms with E-state index in [4.69, 9.17) is 9.47 Å². The lowest BCUT2D eigenvalue weighted by molar-refractivity contribution is 0.303. The summed E-state index contributed by atoms with van der Waals surface area (Å²) in [6, 6.07) is 11.9. The van der Waals surface area contributed by atoms with E-state index in [1.54, 1.807) is 37.5 Å². The van der Waals surface area contributed by atoms with Crippen LogP contribution in [0, 0.1) is 0 Å². The van der Waals surface area contributed by atoms with Crippen LogP contribution in [-0.2, 0) is 22.6 Å². The van der Waals surface area contributed by atoms with Crippen molar-refractivity contribution in [2.24, 2.45) is 7.05 Å². The van der Waals surface area contributed by atoms with Crippen LogP contribution in [0.1, 0.15) is 31.4 Å². The molecule has 0 aliphatic carbocycles. The number of pyridine rings is 1. The van der Waals surface area contributed by atoms with Gasteiger partial charge in [0, 0.05) is 30.9 Å². The molecule has 3 heterocycles. The average molecular weight is 456 g/mol. The molecule has 9 heteroatoms. The Labute approximate surface area is 186 Å². The molecule has 8 nitrogen and oxygen atoms in total. The molecule has 2 aromatic heterocycles. The Bertz CT molecular complexity index is 1270. The summed E-state index contributed by atoms with van der Waals surface area (Å²) in [4.78, 5) is 20.6. The molecule has 0 saturated carbocycles. The lowest BCUT2D eigenvalue weighted by atomic mass is 10.2. The minimum atomic E-state index is -3.35. The van der Waals surface area contributed by atoms with Crippen LogP contribution in [0.2, 0.25) is 0 Å². The molecule has 0 amide bonds. The minimum Gasteiger partial charge on any atom is -0.493 e. The molecule has 0 N–H and O–H groups in total. The molecule has 1 aliphatic heterocycles. The van der Waals surface area contributed by atoms with Gasteiger partial charge in [0.25, 0.3) is 0 Å². The van der Waals surface area contributed by atoms with Gasteiger partial charge in [0.05, 0.1) is 29.5 Å². The summed E-state index contributed by atoms with van der Waals surface area (Å²) in [5.74, 6) is 1.07. The number of aryl methyl sites for hydroxylation is 1. The average Bonchev–Trinajstić information content (AvgIpc) is 2.74. The summed E-state index contributed by atoms with van der Waals surface area (Å²) in [6.07, 6.45) is 4.83. The van der Waals surface area contributed by atoms with E-state index in [1.807, 2.05) is 12.1 Å². The quantitative estimate of drug-likeness (QED) is 0.553. The molecule has 0 atom stereocenters. The van der Waals surface area contributed by atoms with Gasteiger partial charge >= 0.3 is 6.01 Å². The summed E-state index contributed by atoms with van der Waals surface area (Å²) in [5, 5.41) is 0. The van der Waals surface area contributed by atoms with Gasteiger partial charge in [0.2, 0.25) is 5.56 Å². The van der Waals surface area contributed by atoms with Crippen LogP contribution in [-0.4, -0.2) is 35.3 Å². The molecule has 1 aromatic carbocycles. The van der Waals surface area contributed by atoms with E-state index in [9.17, 15) is 13.2 Å². The van der Waals surface area contributed by atoms with E-state index < -0.39 is 9.84 Å². The number of nitrogens with zero attached hydrogens (tertiary/aromatic N) is 3. The normalized spacial score (nSPS) is 16.5. The Balaban J connectivity index is 1.76. The highest BCUT2D eigenvalue weighted by Crippen LogP contribution is 2.27. The van der Waals surface area contributed by atoms with Crippen molar-refractivity contribution in [2.45, 2.75) is 31.4 Å². The van der Waals surface area contributed by atoms with E-state index in [2.05, 4.69) is 9.97 Å². The van der Waals surface area contributed by atoms with Crippen LogP contribution >= 0.6 is 0 Å². The van der Waals surface area contributed by atoms with Gasteiger partial charge in [-0.3, -0.25) is 4.79 Å². The second kappa shape index (κ2) is 9.52. The highest BCUT2D eigenvalue weighted by atomic mass is 32.2. The van der Waals surface area contributed by atoms with E-state index in [0.29, 0.717) is 41.5 Å². The molecule has 0 spiro atoms. The number of rotatable bonds is 1. The topological polar surface area (TPSA) is 100 Å². The van der Waals surface area contributed by atoms with Crippen LogP contribution in [0.4, 0.5) is 0 Å². The molecule has 0 saturated heterocycles. The number of fused-ring (bicyclic) bond motifs is 4. The summed E-state index contributed by atoms with van der Waals surface area (Å²) in [6.45, 7) is 0.555. The third kappa shape index (κ3) is 5.73. The van der Waals surface area contributed by atoms with E-state index >= 15 is 0 Å². The first-order valence-corrected chi connectivity index (χ1v) is 12.4. The maximum absolute atomic E-state index is 12.7. The number of sulfone groups is 1. The van der Waals surface area contributed by atoms with E-state index in [-0.39, 0.29) is 23.1 Å². The molecule has 4 rings (SSSR count). The van der Waals surface area contributed by atoms with Crippen molar-refractivity contribution in [1.82, 2.24) is 14.5 Å². The Morgan fingerprint density at radius 2 is 1.78 bits per heavy atom. The molecule has 3 aromatic rings. The van der Waals surface area contributed by atoms with Crippen molar-refractivity contribution in [1.29, 1.82) is 0 Å².